The first kappa shape index (κ1) is 16.1. The fourth-order valence-electron chi connectivity index (χ4n) is 2.19. The van der Waals surface area contributed by atoms with Gasteiger partial charge in [-0.1, -0.05) is 48.9 Å². The number of ether oxygens (including phenoxy) is 1. The Balaban J connectivity index is 1.83. The second kappa shape index (κ2) is 7.64. The van der Waals surface area contributed by atoms with Gasteiger partial charge in [0.1, 0.15) is 5.75 Å². The normalized spacial score (nSPS) is 11.8. The van der Waals surface area contributed by atoms with Crippen LogP contribution in [0.25, 0.3) is 0 Å². The number of amides is 1. The zero-order valence-electron chi connectivity index (χ0n) is 13.4. The highest BCUT2D eigenvalue weighted by Gasteiger charge is 2.10. The van der Waals surface area contributed by atoms with Crippen molar-refractivity contribution in [2.75, 3.05) is 6.61 Å². The fourth-order valence-corrected chi connectivity index (χ4v) is 2.19. The van der Waals surface area contributed by atoms with Crippen LogP contribution >= 0.6 is 0 Å². The summed E-state index contributed by atoms with van der Waals surface area (Å²) in [5.74, 6) is 0.591. The summed E-state index contributed by atoms with van der Waals surface area (Å²) in [6.45, 7) is 6.15. The van der Waals surface area contributed by atoms with Gasteiger partial charge in [-0.3, -0.25) is 4.79 Å². The summed E-state index contributed by atoms with van der Waals surface area (Å²) in [4.78, 5) is 12.0. The minimum absolute atomic E-state index is 0.0278. The molecule has 116 valence electrons. The highest BCUT2D eigenvalue weighted by atomic mass is 16.5. The zero-order valence-corrected chi connectivity index (χ0v) is 13.4. The Hall–Kier alpha value is -2.29. The monoisotopic (exact) mass is 297 g/mol. The molecule has 3 nitrogen and oxygen atoms in total. The predicted octanol–water partition coefficient (Wildman–Crippen LogP) is 3.81. The van der Waals surface area contributed by atoms with Gasteiger partial charge in [-0.15, -0.1) is 0 Å². The van der Waals surface area contributed by atoms with Crippen molar-refractivity contribution >= 4 is 5.91 Å². The number of carbonyl (C=O) groups is 1. The Bertz CT molecular complexity index is 602. The van der Waals surface area contributed by atoms with Gasteiger partial charge >= 0.3 is 0 Å². The molecule has 2 rings (SSSR count). The molecule has 0 aliphatic carbocycles. The number of nitrogens with one attached hydrogen (secondary N) is 1. The summed E-state index contributed by atoms with van der Waals surface area (Å²) >= 11 is 0. The maximum absolute atomic E-state index is 12.0. The number of aryl methyl sites for hydroxylation is 2. The molecule has 0 saturated heterocycles. The first-order valence-corrected chi connectivity index (χ1v) is 7.66. The quantitative estimate of drug-likeness (QED) is 0.880. The van der Waals surface area contributed by atoms with Crippen molar-refractivity contribution < 1.29 is 9.53 Å². The first-order chi connectivity index (χ1) is 10.6. The van der Waals surface area contributed by atoms with Crippen LogP contribution in [0.3, 0.4) is 0 Å². The van der Waals surface area contributed by atoms with Crippen LogP contribution in [-0.4, -0.2) is 12.5 Å². The molecule has 0 saturated carbocycles. The van der Waals surface area contributed by atoms with Crippen LogP contribution in [0.2, 0.25) is 0 Å². The smallest absolute Gasteiger partial charge is 0.258 e. The minimum atomic E-state index is -0.118. The molecule has 2 aromatic rings. The van der Waals surface area contributed by atoms with Gasteiger partial charge in [-0.25, -0.2) is 0 Å². The Morgan fingerprint density at radius 1 is 1.09 bits per heavy atom. The molecule has 0 aromatic heterocycles. The summed E-state index contributed by atoms with van der Waals surface area (Å²) in [5, 5.41) is 2.95. The number of carbonyl (C=O) groups excluding carboxylic acids is 1. The summed E-state index contributed by atoms with van der Waals surface area (Å²) in [7, 11) is 0. The van der Waals surface area contributed by atoms with Crippen LogP contribution in [0.1, 0.15) is 36.6 Å². The van der Waals surface area contributed by atoms with E-state index in [9.17, 15) is 4.79 Å². The predicted molar refractivity (Wildman–Crippen MR) is 89.1 cm³/mol. The molecule has 0 heterocycles. The molecule has 1 atom stereocenters. The average molecular weight is 297 g/mol. The molecular weight excluding hydrogens is 274 g/mol. The molecule has 0 unspecified atom stereocenters. The van der Waals surface area contributed by atoms with Crippen LogP contribution in [-0.2, 0) is 11.2 Å². The molecule has 1 amide bonds. The van der Waals surface area contributed by atoms with Crippen LogP contribution < -0.4 is 10.1 Å². The lowest BCUT2D eigenvalue weighted by atomic mass is 10.1. The van der Waals surface area contributed by atoms with Crippen LogP contribution in [0.5, 0.6) is 5.75 Å². The summed E-state index contributed by atoms with van der Waals surface area (Å²) in [6, 6.07) is 16.0. The van der Waals surface area contributed by atoms with E-state index in [1.54, 1.807) is 0 Å². The van der Waals surface area contributed by atoms with Crippen molar-refractivity contribution in [2.24, 2.45) is 0 Å². The first-order valence-electron chi connectivity index (χ1n) is 7.66. The van der Waals surface area contributed by atoms with E-state index < -0.39 is 0 Å². The minimum Gasteiger partial charge on any atom is -0.484 e. The molecule has 0 fully saturated rings. The highest BCUT2D eigenvalue weighted by Crippen LogP contribution is 2.14. The van der Waals surface area contributed by atoms with Gasteiger partial charge in [0, 0.05) is 0 Å². The molecule has 0 radical (unpaired) electrons. The summed E-state index contributed by atoms with van der Waals surface area (Å²) in [6.07, 6.45) is 1.02. The van der Waals surface area contributed by atoms with Gasteiger partial charge in [0.15, 0.2) is 6.61 Å². The Morgan fingerprint density at radius 3 is 2.32 bits per heavy atom. The van der Waals surface area contributed by atoms with E-state index in [2.05, 4.69) is 36.5 Å². The van der Waals surface area contributed by atoms with Crippen molar-refractivity contribution in [3.05, 3.63) is 65.2 Å². The average Bonchev–Trinajstić information content (AvgIpc) is 2.54. The van der Waals surface area contributed by atoms with Crippen molar-refractivity contribution in [2.45, 2.75) is 33.2 Å². The third-order valence-corrected chi connectivity index (χ3v) is 3.66. The molecule has 0 aliphatic heterocycles. The summed E-state index contributed by atoms with van der Waals surface area (Å²) < 4.78 is 5.48. The van der Waals surface area contributed by atoms with Gasteiger partial charge in [-0.2, -0.15) is 0 Å². The van der Waals surface area contributed by atoms with Crippen molar-refractivity contribution in [3.63, 3.8) is 0 Å². The number of benzene rings is 2. The van der Waals surface area contributed by atoms with E-state index in [1.807, 2.05) is 38.1 Å². The third-order valence-electron chi connectivity index (χ3n) is 3.66. The van der Waals surface area contributed by atoms with Crippen LogP contribution in [0.4, 0.5) is 0 Å². The Morgan fingerprint density at radius 2 is 1.73 bits per heavy atom. The standard InChI is InChI=1S/C19H23NO2/c1-4-16-7-9-17(10-8-16)15(3)20-19(21)13-22-18-11-5-14(2)6-12-18/h5-12,15H,4,13H2,1-3H3,(H,20,21)/t15-/m0/s1. The van der Waals surface area contributed by atoms with Crippen molar-refractivity contribution in [1.29, 1.82) is 0 Å². The van der Waals surface area contributed by atoms with Crippen LogP contribution in [0.15, 0.2) is 48.5 Å². The molecule has 3 heteroatoms. The number of hydrogen-bond donors (Lipinski definition) is 1. The van der Waals surface area contributed by atoms with E-state index in [1.165, 1.54) is 11.1 Å². The van der Waals surface area contributed by atoms with E-state index in [-0.39, 0.29) is 18.6 Å². The summed E-state index contributed by atoms with van der Waals surface area (Å²) in [5.41, 5.74) is 3.56. The maximum Gasteiger partial charge on any atom is 0.258 e. The van der Waals surface area contributed by atoms with Gasteiger partial charge < -0.3 is 10.1 Å². The molecule has 1 N–H and O–H groups in total. The van der Waals surface area contributed by atoms with Gasteiger partial charge in [-0.05, 0) is 43.5 Å². The second-order valence-corrected chi connectivity index (χ2v) is 5.49. The van der Waals surface area contributed by atoms with Crippen molar-refractivity contribution in [1.82, 2.24) is 5.32 Å². The molecule has 2 aromatic carbocycles. The molecular formula is C19H23NO2. The van der Waals surface area contributed by atoms with Crippen molar-refractivity contribution in [3.8, 4) is 5.75 Å². The maximum atomic E-state index is 12.0. The third kappa shape index (κ3) is 4.62. The Kier molecular flexibility index (Phi) is 5.59. The molecule has 22 heavy (non-hydrogen) atoms. The van der Waals surface area contributed by atoms with Gasteiger partial charge in [0.05, 0.1) is 6.04 Å². The topological polar surface area (TPSA) is 38.3 Å². The lowest BCUT2D eigenvalue weighted by Crippen LogP contribution is -2.31. The fraction of sp³-hybridized carbons (Fsp3) is 0.316. The molecule has 0 spiro atoms. The SMILES string of the molecule is CCc1ccc([C@H](C)NC(=O)COc2ccc(C)cc2)cc1. The largest absolute Gasteiger partial charge is 0.484 e. The van der Waals surface area contributed by atoms with E-state index in [0.29, 0.717) is 5.75 Å². The number of rotatable bonds is 6. The van der Waals surface area contributed by atoms with Gasteiger partial charge in [0.25, 0.3) is 5.91 Å². The highest BCUT2D eigenvalue weighted by molar-refractivity contribution is 5.78. The lowest BCUT2D eigenvalue weighted by Gasteiger charge is -2.15. The van der Waals surface area contributed by atoms with E-state index in [4.69, 9.17) is 4.74 Å². The molecule has 0 aliphatic rings. The lowest BCUT2D eigenvalue weighted by molar-refractivity contribution is -0.123. The van der Waals surface area contributed by atoms with E-state index in [0.717, 1.165) is 12.0 Å². The zero-order chi connectivity index (χ0) is 15.9. The second-order valence-electron chi connectivity index (χ2n) is 5.49. The molecule has 0 bridgehead atoms. The number of hydrogen-bond acceptors (Lipinski definition) is 2. The van der Waals surface area contributed by atoms with E-state index >= 15 is 0 Å². The Labute approximate surface area is 132 Å². The van der Waals surface area contributed by atoms with Gasteiger partial charge in [0.2, 0.25) is 0 Å². The van der Waals surface area contributed by atoms with Crippen LogP contribution in [0, 0.1) is 6.92 Å².